The maximum atomic E-state index is 14.6. The zero-order valence-electron chi connectivity index (χ0n) is 16.3. The van der Waals surface area contributed by atoms with Gasteiger partial charge in [-0.1, -0.05) is 46.3 Å². The van der Waals surface area contributed by atoms with E-state index in [1.165, 1.54) is 6.07 Å². The molecule has 4 nitrogen and oxygen atoms in total. The van der Waals surface area contributed by atoms with Gasteiger partial charge in [-0.2, -0.15) is 0 Å². The number of carbonyl (C=O) groups is 1. The number of halogens is 2. The van der Waals surface area contributed by atoms with Crippen molar-refractivity contribution in [3.8, 4) is 0 Å². The molecule has 6 heteroatoms. The predicted molar refractivity (Wildman–Crippen MR) is 109 cm³/mol. The molecule has 28 heavy (non-hydrogen) atoms. The molecule has 0 saturated carbocycles. The molecule has 0 bridgehead atoms. The Kier molecular flexibility index (Phi) is 5.82. The number of carbonyl (C=O) groups excluding carboxylic acids is 1. The van der Waals surface area contributed by atoms with E-state index in [0.29, 0.717) is 18.5 Å². The summed E-state index contributed by atoms with van der Waals surface area (Å²) in [4.78, 5) is 14.6. The van der Waals surface area contributed by atoms with Crippen LogP contribution < -0.4 is 0 Å². The minimum absolute atomic E-state index is 0.118. The Hall–Kier alpha value is -1.92. The second-order valence-corrected chi connectivity index (χ2v) is 8.92. The van der Waals surface area contributed by atoms with Crippen LogP contribution in [0.15, 0.2) is 53.0 Å². The van der Waals surface area contributed by atoms with Crippen molar-refractivity contribution in [3.63, 3.8) is 0 Å². The molecule has 1 fully saturated rings. The highest BCUT2D eigenvalue weighted by atomic mass is 79.9. The number of benzene rings is 2. The lowest BCUT2D eigenvalue weighted by Gasteiger charge is -2.45. The van der Waals surface area contributed by atoms with Gasteiger partial charge in [0, 0.05) is 29.4 Å². The Morgan fingerprint density at radius 3 is 2.46 bits per heavy atom. The third kappa shape index (κ3) is 4.39. The van der Waals surface area contributed by atoms with Crippen LogP contribution in [-0.2, 0) is 10.3 Å². The first-order valence-corrected chi connectivity index (χ1v) is 10.1. The van der Waals surface area contributed by atoms with Crippen LogP contribution in [0.1, 0.15) is 50.8 Å². The summed E-state index contributed by atoms with van der Waals surface area (Å²) in [6.07, 6.45) is 0.00622. The van der Waals surface area contributed by atoms with Gasteiger partial charge in [0.2, 0.25) is 0 Å². The zero-order chi connectivity index (χ0) is 20.5. The summed E-state index contributed by atoms with van der Waals surface area (Å²) in [7, 11) is 0. The number of nitrogens with zero attached hydrogens (tertiary/aromatic N) is 1. The highest BCUT2D eigenvalue weighted by Crippen LogP contribution is 2.43. The molecule has 1 saturated heterocycles. The highest BCUT2D eigenvalue weighted by molar-refractivity contribution is 9.10. The van der Waals surface area contributed by atoms with E-state index in [-0.39, 0.29) is 12.5 Å². The molecule has 1 N–H and O–H groups in total. The van der Waals surface area contributed by atoms with Crippen LogP contribution in [0.4, 0.5) is 9.18 Å². The summed E-state index contributed by atoms with van der Waals surface area (Å²) in [5.41, 5.74) is -1.03. The molecular weight excluding hydrogens is 425 g/mol. The summed E-state index contributed by atoms with van der Waals surface area (Å²) in [6.45, 7) is 5.62. The monoisotopic (exact) mass is 449 g/mol. The average molecular weight is 450 g/mol. The largest absolute Gasteiger partial charge is 0.438 e. The molecule has 1 heterocycles. The topological polar surface area (TPSA) is 49.8 Å². The third-order valence-corrected chi connectivity index (χ3v) is 5.71. The normalized spacial score (nSPS) is 21.4. The Balaban J connectivity index is 1.90. The molecule has 2 atom stereocenters. The van der Waals surface area contributed by atoms with Crippen LogP contribution in [0.2, 0.25) is 0 Å². The van der Waals surface area contributed by atoms with Crippen LogP contribution in [-0.4, -0.2) is 28.2 Å². The lowest BCUT2D eigenvalue weighted by molar-refractivity contribution is -0.102. The van der Waals surface area contributed by atoms with Crippen LogP contribution in [0.3, 0.4) is 0 Å². The zero-order valence-corrected chi connectivity index (χ0v) is 17.9. The van der Waals surface area contributed by atoms with E-state index in [4.69, 9.17) is 4.74 Å². The molecule has 2 aromatic carbocycles. The number of ether oxygens (including phenoxy) is 1. The average Bonchev–Trinajstić information content (AvgIpc) is 2.61. The molecule has 1 amide bonds. The number of hydrogen-bond acceptors (Lipinski definition) is 3. The number of hydrogen-bond donors (Lipinski definition) is 1. The summed E-state index contributed by atoms with van der Waals surface area (Å²) in [5, 5.41) is 10.4. The predicted octanol–water partition coefficient (Wildman–Crippen LogP) is 5.55. The Morgan fingerprint density at radius 2 is 1.89 bits per heavy atom. The molecule has 0 spiro atoms. The van der Waals surface area contributed by atoms with Gasteiger partial charge in [-0.3, -0.25) is 0 Å². The van der Waals surface area contributed by atoms with E-state index in [0.717, 1.165) is 10.0 Å². The van der Waals surface area contributed by atoms with Crippen molar-refractivity contribution in [1.82, 2.24) is 4.90 Å². The van der Waals surface area contributed by atoms with Crippen LogP contribution in [0.5, 0.6) is 0 Å². The summed E-state index contributed by atoms with van der Waals surface area (Å²) >= 11 is 3.41. The summed E-state index contributed by atoms with van der Waals surface area (Å²) < 4.78 is 21.4. The molecule has 3 rings (SSSR count). The molecule has 1 aliphatic heterocycles. The van der Waals surface area contributed by atoms with E-state index in [9.17, 15) is 14.3 Å². The molecule has 0 unspecified atom stereocenters. The smallest absolute Gasteiger partial charge is 0.411 e. The Morgan fingerprint density at radius 1 is 1.25 bits per heavy atom. The fourth-order valence-corrected chi connectivity index (χ4v) is 4.15. The maximum Gasteiger partial charge on any atom is 0.411 e. The lowest BCUT2D eigenvalue weighted by atomic mass is 9.79. The first-order valence-electron chi connectivity index (χ1n) is 9.34. The molecule has 2 aromatic rings. The summed E-state index contributed by atoms with van der Waals surface area (Å²) in [6, 6.07) is 13.9. The second kappa shape index (κ2) is 7.84. The van der Waals surface area contributed by atoms with Gasteiger partial charge >= 0.3 is 6.09 Å². The van der Waals surface area contributed by atoms with Gasteiger partial charge in [0.15, 0.2) is 0 Å². The maximum absolute atomic E-state index is 14.6. The first-order chi connectivity index (χ1) is 13.1. The number of cyclic esters (lactones) is 1. The van der Waals surface area contributed by atoms with Gasteiger partial charge in [-0.05, 0) is 44.5 Å². The van der Waals surface area contributed by atoms with Crippen molar-refractivity contribution in [2.75, 3.05) is 6.54 Å². The fraction of sp³-hybridized carbons (Fsp3) is 0.409. The molecule has 1 aliphatic rings. The van der Waals surface area contributed by atoms with Gasteiger partial charge in [0.1, 0.15) is 11.4 Å². The van der Waals surface area contributed by atoms with Crippen molar-refractivity contribution < 1.29 is 19.0 Å². The fourth-order valence-electron chi connectivity index (χ4n) is 3.88. The summed E-state index contributed by atoms with van der Waals surface area (Å²) in [5.74, 6) is -0.436. The molecule has 0 aliphatic carbocycles. The standard InChI is InChI=1S/C22H25BrFNO3/c1-15(16-8-10-17(23)11-9-16)25-13-12-22(28-20(25)26,14-21(2,3)27)18-6-4-5-7-19(18)24/h4-11,15,27H,12-14H2,1-3H3/t15-,22-/m0/s1. The first kappa shape index (κ1) is 20.8. The Labute approximate surface area is 173 Å². The van der Waals surface area contributed by atoms with E-state index < -0.39 is 23.1 Å². The highest BCUT2D eigenvalue weighted by Gasteiger charge is 2.47. The minimum atomic E-state index is -1.20. The molecule has 0 radical (unpaired) electrons. The van der Waals surface area contributed by atoms with Crippen molar-refractivity contribution >= 4 is 22.0 Å². The van der Waals surface area contributed by atoms with Crippen molar-refractivity contribution in [2.24, 2.45) is 0 Å². The quantitative estimate of drug-likeness (QED) is 0.650. The van der Waals surface area contributed by atoms with Gasteiger partial charge < -0.3 is 14.7 Å². The van der Waals surface area contributed by atoms with E-state index >= 15 is 0 Å². The van der Waals surface area contributed by atoms with Crippen LogP contribution in [0, 0.1) is 5.82 Å². The third-order valence-electron chi connectivity index (χ3n) is 5.18. The minimum Gasteiger partial charge on any atom is -0.438 e. The van der Waals surface area contributed by atoms with Gasteiger partial charge in [-0.15, -0.1) is 0 Å². The Bertz CT molecular complexity index is 850. The molecular formula is C22H25BrFNO3. The SMILES string of the molecule is C[C@@H](c1ccc(Br)cc1)N1CC[C@](CC(C)(C)O)(c2ccccc2F)OC1=O. The van der Waals surface area contributed by atoms with Gasteiger partial charge in [0.25, 0.3) is 0 Å². The molecule has 0 aromatic heterocycles. The van der Waals surface area contributed by atoms with Crippen molar-refractivity contribution in [1.29, 1.82) is 0 Å². The van der Waals surface area contributed by atoms with Crippen LogP contribution >= 0.6 is 15.9 Å². The number of amides is 1. The number of aliphatic hydroxyl groups is 1. The second-order valence-electron chi connectivity index (χ2n) is 8.00. The molecule has 150 valence electrons. The van der Waals surface area contributed by atoms with E-state index in [1.54, 1.807) is 36.9 Å². The van der Waals surface area contributed by atoms with Gasteiger partial charge in [0.05, 0.1) is 11.6 Å². The number of rotatable bonds is 5. The van der Waals surface area contributed by atoms with E-state index in [1.807, 2.05) is 31.2 Å². The lowest BCUT2D eigenvalue weighted by Crippen LogP contribution is -2.51. The van der Waals surface area contributed by atoms with Crippen molar-refractivity contribution in [2.45, 2.75) is 50.9 Å². The van der Waals surface area contributed by atoms with Crippen molar-refractivity contribution in [3.05, 3.63) is 69.9 Å². The van der Waals surface area contributed by atoms with E-state index in [2.05, 4.69) is 15.9 Å². The van der Waals surface area contributed by atoms with Crippen LogP contribution in [0.25, 0.3) is 0 Å². The van der Waals surface area contributed by atoms with Gasteiger partial charge in [-0.25, -0.2) is 9.18 Å².